The molecule has 0 aliphatic carbocycles. The standard InChI is InChI=1S/C14H21BrN2O2S/c1-3-17-10-6-7-12(17)11-16(2)20(18,19)14-9-5-4-8-13(14)15/h4-5,8-9,12H,3,6-7,10-11H2,1-2H3. The van der Waals surface area contributed by atoms with Crippen LogP contribution in [0.4, 0.5) is 0 Å². The Balaban J connectivity index is 2.16. The Kier molecular flexibility index (Phi) is 5.23. The molecule has 0 bridgehead atoms. The summed E-state index contributed by atoms with van der Waals surface area (Å²) in [6.07, 6.45) is 2.23. The molecule has 20 heavy (non-hydrogen) atoms. The Labute approximate surface area is 129 Å². The molecule has 1 aliphatic rings. The first kappa shape index (κ1) is 15.9. The molecular weight excluding hydrogens is 340 g/mol. The Morgan fingerprint density at radius 1 is 1.40 bits per heavy atom. The fraction of sp³-hybridized carbons (Fsp3) is 0.571. The predicted molar refractivity (Wildman–Crippen MR) is 84.2 cm³/mol. The van der Waals surface area contributed by atoms with E-state index < -0.39 is 10.0 Å². The number of likely N-dealkylation sites (N-methyl/N-ethyl adjacent to an activating group) is 2. The van der Waals surface area contributed by atoms with Gasteiger partial charge in [-0.15, -0.1) is 0 Å². The molecular formula is C14H21BrN2O2S. The summed E-state index contributed by atoms with van der Waals surface area (Å²) in [6.45, 7) is 4.73. The zero-order valence-corrected chi connectivity index (χ0v) is 14.3. The van der Waals surface area contributed by atoms with Crippen LogP contribution >= 0.6 is 15.9 Å². The van der Waals surface area contributed by atoms with Gasteiger partial charge >= 0.3 is 0 Å². The molecule has 0 aromatic heterocycles. The van der Waals surface area contributed by atoms with Crippen molar-refractivity contribution in [3.05, 3.63) is 28.7 Å². The second-order valence-electron chi connectivity index (χ2n) is 5.14. The molecule has 0 radical (unpaired) electrons. The molecule has 1 unspecified atom stereocenters. The molecule has 1 saturated heterocycles. The number of rotatable bonds is 5. The maximum atomic E-state index is 12.6. The molecule has 2 rings (SSSR count). The molecule has 1 aliphatic heterocycles. The summed E-state index contributed by atoms with van der Waals surface area (Å²) in [7, 11) is -1.76. The second-order valence-corrected chi connectivity index (χ2v) is 8.01. The van der Waals surface area contributed by atoms with Gasteiger partial charge in [0, 0.05) is 24.1 Å². The van der Waals surface area contributed by atoms with E-state index in [4.69, 9.17) is 0 Å². The van der Waals surface area contributed by atoms with Gasteiger partial charge in [-0.1, -0.05) is 19.1 Å². The summed E-state index contributed by atoms with van der Waals surface area (Å²) in [5, 5.41) is 0. The zero-order valence-electron chi connectivity index (χ0n) is 11.9. The summed E-state index contributed by atoms with van der Waals surface area (Å²) in [6, 6.07) is 7.30. The molecule has 112 valence electrons. The van der Waals surface area contributed by atoms with Gasteiger partial charge in [0.05, 0.1) is 4.90 Å². The monoisotopic (exact) mass is 360 g/mol. The van der Waals surface area contributed by atoms with E-state index >= 15 is 0 Å². The van der Waals surface area contributed by atoms with Crippen molar-refractivity contribution in [2.24, 2.45) is 0 Å². The Hall–Kier alpha value is -0.430. The van der Waals surface area contributed by atoms with Crippen molar-refractivity contribution < 1.29 is 8.42 Å². The third kappa shape index (κ3) is 3.24. The van der Waals surface area contributed by atoms with E-state index in [0.717, 1.165) is 25.9 Å². The fourth-order valence-corrected chi connectivity index (χ4v) is 4.90. The molecule has 4 nitrogen and oxygen atoms in total. The highest BCUT2D eigenvalue weighted by atomic mass is 79.9. The van der Waals surface area contributed by atoms with Crippen LogP contribution in [0.1, 0.15) is 19.8 Å². The number of benzene rings is 1. The van der Waals surface area contributed by atoms with Gasteiger partial charge < -0.3 is 0 Å². The smallest absolute Gasteiger partial charge is 0.243 e. The minimum Gasteiger partial charge on any atom is -0.299 e. The molecule has 1 fully saturated rings. The maximum absolute atomic E-state index is 12.6. The van der Waals surface area contributed by atoms with E-state index in [1.165, 1.54) is 4.31 Å². The lowest BCUT2D eigenvalue weighted by Crippen LogP contribution is -2.41. The highest BCUT2D eigenvalue weighted by molar-refractivity contribution is 9.10. The number of sulfonamides is 1. The van der Waals surface area contributed by atoms with Crippen molar-refractivity contribution in [1.82, 2.24) is 9.21 Å². The van der Waals surface area contributed by atoms with Gasteiger partial charge in [0.1, 0.15) is 0 Å². The lowest BCUT2D eigenvalue weighted by atomic mass is 10.2. The van der Waals surface area contributed by atoms with Crippen LogP contribution in [0.5, 0.6) is 0 Å². The van der Waals surface area contributed by atoms with E-state index in [0.29, 0.717) is 22.0 Å². The first-order chi connectivity index (χ1) is 9.46. The molecule has 6 heteroatoms. The number of likely N-dealkylation sites (tertiary alicyclic amines) is 1. The van der Waals surface area contributed by atoms with E-state index in [1.807, 2.05) is 6.07 Å². The van der Waals surface area contributed by atoms with Crippen molar-refractivity contribution >= 4 is 26.0 Å². The van der Waals surface area contributed by atoms with Crippen LogP contribution in [0, 0.1) is 0 Å². The molecule has 0 spiro atoms. The largest absolute Gasteiger partial charge is 0.299 e. The van der Waals surface area contributed by atoms with Crippen LogP contribution in [0.25, 0.3) is 0 Å². The number of halogens is 1. The fourth-order valence-electron chi connectivity index (χ4n) is 2.73. The van der Waals surface area contributed by atoms with Crippen LogP contribution in [0.15, 0.2) is 33.6 Å². The molecule has 0 saturated carbocycles. The number of hydrogen-bond acceptors (Lipinski definition) is 3. The van der Waals surface area contributed by atoms with Crippen LogP contribution in [0.3, 0.4) is 0 Å². The average Bonchev–Trinajstić information content (AvgIpc) is 2.86. The Bertz CT molecular complexity index is 562. The van der Waals surface area contributed by atoms with E-state index in [2.05, 4.69) is 27.8 Å². The summed E-state index contributed by atoms with van der Waals surface area (Å²) in [5.74, 6) is 0. The summed E-state index contributed by atoms with van der Waals surface area (Å²) in [5.41, 5.74) is 0. The van der Waals surface area contributed by atoms with Crippen molar-refractivity contribution in [2.45, 2.75) is 30.7 Å². The van der Waals surface area contributed by atoms with Gasteiger partial charge in [0.15, 0.2) is 0 Å². The van der Waals surface area contributed by atoms with E-state index in [-0.39, 0.29) is 0 Å². The third-order valence-electron chi connectivity index (χ3n) is 3.90. The van der Waals surface area contributed by atoms with Crippen LogP contribution < -0.4 is 0 Å². The SMILES string of the molecule is CCN1CCCC1CN(C)S(=O)(=O)c1ccccc1Br. The topological polar surface area (TPSA) is 40.6 Å². The van der Waals surface area contributed by atoms with Crippen molar-refractivity contribution in [1.29, 1.82) is 0 Å². The highest BCUT2D eigenvalue weighted by Gasteiger charge is 2.29. The van der Waals surface area contributed by atoms with Crippen LogP contribution in [-0.2, 0) is 10.0 Å². The van der Waals surface area contributed by atoms with Gasteiger partial charge in [-0.3, -0.25) is 4.90 Å². The molecule has 1 heterocycles. The van der Waals surface area contributed by atoms with Gasteiger partial charge in [-0.2, -0.15) is 4.31 Å². The lowest BCUT2D eigenvalue weighted by molar-refractivity contribution is 0.237. The molecule has 0 N–H and O–H groups in total. The minimum absolute atomic E-state index is 0.335. The Morgan fingerprint density at radius 2 is 2.10 bits per heavy atom. The van der Waals surface area contributed by atoms with Gasteiger partial charge in [-0.25, -0.2) is 8.42 Å². The maximum Gasteiger partial charge on any atom is 0.243 e. The summed E-state index contributed by atoms with van der Waals surface area (Å²) < 4.78 is 27.3. The first-order valence-corrected chi connectivity index (χ1v) is 9.15. The second kappa shape index (κ2) is 6.56. The van der Waals surface area contributed by atoms with Gasteiger partial charge in [0.2, 0.25) is 10.0 Å². The molecule has 1 aromatic carbocycles. The number of nitrogens with zero attached hydrogens (tertiary/aromatic N) is 2. The van der Waals surface area contributed by atoms with E-state index in [1.54, 1.807) is 25.2 Å². The predicted octanol–water partition coefficient (Wildman–Crippen LogP) is 2.55. The minimum atomic E-state index is -3.43. The first-order valence-electron chi connectivity index (χ1n) is 6.91. The van der Waals surface area contributed by atoms with Gasteiger partial charge in [-0.05, 0) is 54.0 Å². The van der Waals surface area contributed by atoms with Crippen LogP contribution in [-0.4, -0.2) is 50.3 Å². The highest BCUT2D eigenvalue weighted by Crippen LogP contribution is 2.25. The summed E-state index contributed by atoms with van der Waals surface area (Å²) in [4.78, 5) is 2.69. The number of hydrogen-bond donors (Lipinski definition) is 0. The third-order valence-corrected chi connectivity index (χ3v) is 6.73. The normalized spacial score (nSPS) is 20.7. The molecule has 1 atom stereocenters. The quantitative estimate of drug-likeness (QED) is 0.809. The van der Waals surface area contributed by atoms with E-state index in [9.17, 15) is 8.42 Å². The molecule has 1 aromatic rings. The van der Waals surface area contributed by atoms with Crippen molar-refractivity contribution in [2.75, 3.05) is 26.7 Å². The Morgan fingerprint density at radius 3 is 2.75 bits per heavy atom. The summed E-state index contributed by atoms with van der Waals surface area (Å²) >= 11 is 3.32. The average molecular weight is 361 g/mol. The lowest BCUT2D eigenvalue weighted by Gasteiger charge is -2.27. The van der Waals surface area contributed by atoms with Crippen LogP contribution in [0.2, 0.25) is 0 Å². The van der Waals surface area contributed by atoms with Crippen molar-refractivity contribution in [3.63, 3.8) is 0 Å². The van der Waals surface area contributed by atoms with Gasteiger partial charge in [0.25, 0.3) is 0 Å². The molecule has 0 amide bonds. The van der Waals surface area contributed by atoms with Crippen molar-refractivity contribution in [3.8, 4) is 0 Å². The zero-order chi connectivity index (χ0) is 14.8.